The van der Waals surface area contributed by atoms with Crippen LogP contribution in [0.15, 0.2) is 34.1 Å². The Morgan fingerprint density at radius 1 is 0.900 bits per heavy atom. The zero-order valence-electron chi connectivity index (χ0n) is 11.7. The SMILES string of the molecule is CSc1ccc(SC)cc1.O=[PH](O)O.O=[PH]([O-])[O-].[Na+].[Na+]. The van der Waals surface area contributed by atoms with Gasteiger partial charge in [0.2, 0.25) is 0 Å². The molecule has 12 heteroatoms. The molecule has 0 bridgehead atoms. The summed E-state index contributed by atoms with van der Waals surface area (Å²) in [7, 11) is -6.76. The van der Waals surface area contributed by atoms with Gasteiger partial charge in [-0.1, -0.05) is 8.25 Å². The van der Waals surface area contributed by atoms with Crippen molar-refractivity contribution in [3.8, 4) is 0 Å². The first-order chi connectivity index (χ1) is 8.33. The summed E-state index contributed by atoms with van der Waals surface area (Å²) >= 11 is 3.56. The number of hydrogen-bond acceptors (Lipinski definition) is 6. The van der Waals surface area contributed by atoms with E-state index < -0.39 is 16.5 Å². The van der Waals surface area contributed by atoms with E-state index in [1.54, 1.807) is 23.5 Å². The number of hydrogen-bond donors (Lipinski definition) is 2. The van der Waals surface area contributed by atoms with Crippen LogP contribution in [0.25, 0.3) is 0 Å². The monoisotopic (exact) mass is 378 g/mol. The fraction of sp³-hybridized carbons (Fsp3) is 0.250. The summed E-state index contributed by atoms with van der Waals surface area (Å²) in [6.07, 6.45) is 4.18. The van der Waals surface area contributed by atoms with Crippen LogP contribution in [0.4, 0.5) is 0 Å². The fourth-order valence-corrected chi connectivity index (χ4v) is 1.53. The molecule has 106 valence electrons. The van der Waals surface area contributed by atoms with Crippen molar-refractivity contribution < 1.29 is 87.8 Å². The van der Waals surface area contributed by atoms with Gasteiger partial charge in [-0.2, -0.15) is 0 Å². The van der Waals surface area contributed by atoms with Gasteiger partial charge in [-0.3, -0.25) is 4.57 Å². The first-order valence-electron chi connectivity index (χ1n) is 4.31. The Hall–Kier alpha value is 2.22. The molecular weight excluding hydrogens is 364 g/mol. The van der Waals surface area contributed by atoms with E-state index in [1.807, 2.05) is 0 Å². The number of benzene rings is 1. The quantitative estimate of drug-likeness (QED) is 0.297. The summed E-state index contributed by atoms with van der Waals surface area (Å²) in [5.74, 6) is 0. The molecule has 0 fully saturated rings. The predicted molar refractivity (Wildman–Crippen MR) is 72.4 cm³/mol. The van der Waals surface area contributed by atoms with Crippen molar-refractivity contribution in [2.24, 2.45) is 0 Å². The first kappa shape index (κ1) is 30.1. The molecule has 1 rings (SSSR count). The molecular formula is C8H14Na2O6P2S2. The van der Waals surface area contributed by atoms with Gasteiger partial charge < -0.3 is 24.1 Å². The molecule has 2 N–H and O–H groups in total. The zero-order chi connectivity index (χ0) is 14.6. The van der Waals surface area contributed by atoms with Gasteiger partial charge >= 0.3 is 67.4 Å². The first-order valence-corrected chi connectivity index (χ1v) is 9.29. The summed E-state index contributed by atoms with van der Waals surface area (Å²) in [6, 6.07) is 8.60. The summed E-state index contributed by atoms with van der Waals surface area (Å²) < 4.78 is 17.3. The molecule has 0 saturated carbocycles. The third-order valence-electron chi connectivity index (χ3n) is 1.30. The van der Waals surface area contributed by atoms with Crippen LogP contribution >= 0.6 is 40.0 Å². The Bertz CT molecular complexity index is 325. The topological polar surface area (TPSA) is 121 Å². The summed E-state index contributed by atoms with van der Waals surface area (Å²) in [4.78, 5) is 34.0. The normalized spacial score (nSPS) is 8.40. The molecule has 0 atom stereocenters. The van der Waals surface area contributed by atoms with Crippen LogP contribution in [0.3, 0.4) is 0 Å². The fourth-order valence-electron chi connectivity index (χ4n) is 0.712. The Labute approximate surface area is 172 Å². The number of thioether (sulfide) groups is 2. The molecule has 0 heterocycles. The maximum absolute atomic E-state index is 8.74. The van der Waals surface area contributed by atoms with Gasteiger partial charge in [-0.15, -0.1) is 23.5 Å². The van der Waals surface area contributed by atoms with Crippen molar-refractivity contribution in [3.05, 3.63) is 24.3 Å². The molecule has 0 radical (unpaired) electrons. The second-order valence-electron chi connectivity index (χ2n) is 2.41. The van der Waals surface area contributed by atoms with Crippen LogP contribution in [0, 0.1) is 0 Å². The van der Waals surface area contributed by atoms with Gasteiger partial charge in [0.05, 0.1) is 0 Å². The Morgan fingerprint density at radius 2 is 1.05 bits per heavy atom. The van der Waals surface area contributed by atoms with Crippen molar-refractivity contribution in [2.45, 2.75) is 9.79 Å². The number of rotatable bonds is 2. The van der Waals surface area contributed by atoms with E-state index in [9.17, 15) is 0 Å². The van der Waals surface area contributed by atoms with Crippen LogP contribution < -0.4 is 68.9 Å². The van der Waals surface area contributed by atoms with Gasteiger partial charge in [-0.25, -0.2) is 0 Å². The van der Waals surface area contributed by atoms with Crippen LogP contribution in [0.2, 0.25) is 0 Å². The third-order valence-corrected chi connectivity index (χ3v) is 2.78. The summed E-state index contributed by atoms with van der Waals surface area (Å²) in [5, 5.41) is 0. The zero-order valence-corrected chi connectivity index (χ0v) is 19.3. The van der Waals surface area contributed by atoms with E-state index in [0.29, 0.717) is 0 Å². The van der Waals surface area contributed by atoms with Crippen molar-refractivity contribution in [3.63, 3.8) is 0 Å². The van der Waals surface area contributed by atoms with E-state index in [-0.39, 0.29) is 59.1 Å². The minimum atomic E-state index is -3.63. The minimum Gasteiger partial charge on any atom is -0.813 e. The molecule has 20 heavy (non-hydrogen) atoms. The van der Waals surface area contributed by atoms with Crippen molar-refractivity contribution >= 4 is 40.0 Å². The molecule has 0 spiro atoms. The summed E-state index contributed by atoms with van der Waals surface area (Å²) in [5.41, 5.74) is 0. The molecule has 0 unspecified atom stereocenters. The van der Waals surface area contributed by atoms with Crippen molar-refractivity contribution in [1.82, 2.24) is 0 Å². The second-order valence-corrected chi connectivity index (χ2v) is 5.24. The molecule has 0 saturated heterocycles. The van der Waals surface area contributed by atoms with Crippen LogP contribution in [-0.4, -0.2) is 22.3 Å². The van der Waals surface area contributed by atoms with Gasteiger partial charge in [0.15, 0.2) is 0 Å². The molecule has 0 amide bonds. The van der Waals surface area contributed by atoms with Gasteiger partial charge in [0, 0.05) is 9.79 Å². The Balaban J connectivity index is -0.000000110. The van der Waals surface area contributed by atoms with E-state index in [4.69, 9.17) is 28.7 Å². The van der Waals surface area contributed by atoms with Crippen LogP contribution in [0.5, 0.6) is 0 Å². The Kier molecular flexibility index (Phi) is 32.0. The minimum absolute atomic E-state index is 0. The summed E-state index contributed by atoms with van der Waals surface area (Å²) in [6.45, 7) is 0. The predicted octanol–water partition coefficient (Wildman–Crippen LogP) is -5.40. The average Bonchev–Trinajstić information content (AvgIpc) is 2.28. The van der Waals surface area contributed by atoms with Crippen molar-refractivity contribution in [1.29, 1.82) is 0 Å². The van der Waals surface area contributed by atoms with E-state index in [2.05, 4.69) is 36.8 Å². The van der Waals surface area contributed by atoms with Gasteiger partial charge in [0.1, 0.15) is 0 Å². The van der Waals surface area contributed by atoms with Crippen LogP contribution in [-0.2, 0) is 9.13 Å². The molecule has 1 aromatic carbocycles. The molecule has 0 aliphatic carbocycles. The van der Waals surface area contributed by atoms with Crippen molar-refractivity contribution in [2.75, 3.05) is 12.5 Å². The molecule has 0 aromatic heterocycles. The molecule has 6 nitrogen and oxygen atoms in total. The van der Waals surface area contributed by atoms with Gasteiger partial charge in [-0.05, 0) is 36.8 Å². The second kappa shape index (κ2) is 21.2. The van der Waals surface area contributed by atoms with E-state index in [1.165, 1.54) is 9.79 Å². The Morgan fingerprint density at radius 3 is 1.15 bits per heavy atom. The maximum Gasteiger partial charge on any atom is 1.00 e. The smallest absolute Gasteiger partial charge is 0.813 e. The maximum atomic E-state index is 8.74. The van der Waals surface area contributed by atoms with Gasteiger partial charge in [0.25, 0.3) is 0 Å². The van der Waals surface area contributed by atoms with E-state index in [0.717, 1.165) is 0 Å². The molecule has 0 aliphatic heterocycles. The molecule has 0 aliphatic rings. The molecule has 1 aromatic rings. The average molecular weight is 378 g/mol. The van der Waals surface area contributed by atoms with Crippen LogP contribution in [0.1, 0.15) is 0 Å². The largest absolute Gasteiger partial charge is 1.00 e. The van der Waals surface area contributed by atoms with E-state index >= 15 is 0 Å². The third kappa shape index (κ3) is 28.4. The standard InChI is InChI=1S/C8H10S2.2Na.2H3O3P/c1-9-7-3-5-8(10-2)6-4-7;;;2*1-4(2)3/h3-6H,1-2H3;;;2*4H,(H2,1,2,3)/q;2*+1;;/p-2.